The Hall–Kier alpha value is -2.61. The number of anilines is 1. The zero-order valence-electron chi connectivity index (χ0n) is 11.0. The number of carboxylic acids is 1. The van der Waals surface area contributed by atoms with Crippen LogP contribution in [0.3, 0.4) is 0 Å². The van der Waals surface area contributed by atoms with Crippen LogP contribution >= 0.6 is 11.3 Å². The van der Waals surface area contributed by atoms with E-state index in [9.17, 15) is 14.4 Å². The molecule has 7 nitrogen and oxygen atoms in total. The number of thiophene rings is 1. The number of amides is 2. The highest BCUT2D eigenvalue weighted by Crippen LogP contribution is 2.21. The summed E-state index contributed by atoms with van der Waals surface area (Å²) in [4.78, 5) is 33.9. The maximum atomic E-state index is 11.9. The van der Waals surface area contributed by atoms with Gasteiger partial charge in [0.1, 0.15) is 5.76 Å². The van der Waals surface area contributed by atoms with Crippen LogP contribution in [-0.4, -0.2) is 22.9 Å². The van der Waals surface area contributed by atoms with Gasteiger partial charge in [-0.1, -0.05) is 0 Å². The summed E-state index contributed by atoms with van der Waals surface area (Å²) in [7, 11) is 0. The molecule has 0 radical (unpaired) electrons. The van der Waals surface area contributed by atoms with Crippen molar-refractivity contribution in [2.45, 2.75) is 13.5 Å². The van der Waals surface area contributed by atoms with E-state index in [1.54, 1.807) is 12.1 Å². The Labute approximate surface area is 123 Å². The number of nitrogens with one attached hydrogen (secondary N) is 2. The van der Waals surface area contributed by atoms with E-state index < -0.39 is 5.97 Å². The van der Waals surface area contributed by atoms with Gasteiger partial charge in [-0.15, -0.1) is 11.3 Å². The molecule has 2 aromatic rings. The Kier molecular flexibility index (Phi) is 4.39. The normalized spacial score (nSPS) is 10.1. The first-order chi connectivity index (χ1) is 9.95. The van der Waals surface area contributed by atoms with Crippen LogP contribution in [0.25, 0.3) is 0 Å². The average Bonchev–Trinajstić information content (AvgIpc) is 3.04. The second kappa shape index (κ2) is 6.23. The second-order valence-corrected chi connectivity index (χ2v) is 5.18. The number of furan rings is 1. The summed E-state index contributed by atoms with van der Waals surface area (Å²) in [6, 6.07) is 6.04. The Morgan fingerprint density at radius 3 is 2.62 bits per heavy atom. The van der Waals surface area contributed by atoms with Crippen LogP contribution in [0.5, 0.6) is 0 Å². The molecule has 2 rings (SSSR count). The third-order valence-electron chi connectivity index (χ3n) is 2.42. The van der Waals surface area contributed by atoms with Crippen LogP contribution in [0, 0.1) is 0 Å². The maximum absolute atomic E-state index is 11.9. The number of aromatic carboxylic acids is 1. The average molecular weight is 308 g/mol. The molecule has 0 saturated heterocycles. The third-order valence-corrected chi connectivity index (χ3v) is 3.42. The van der Waals surface area contributed by atoms with Crippen LogP contribution in [-0.2, 0) is 11.3 Å². The number of hydrogen-bond donors (Lipinski definition) is 3. The monoisotopic (exact) mass is 308 g/mol. The van der Waals surface area contributed by atoms with E-state index in [-0.39, 0.29) is 24.1 Å². The molecule has 21 heavy (non-hydrogen) atoms. The fourth-order valence-corrected chi connectivity index (χ4v) is 2.41. The van der Waals surface area contributed by atoms with Crippen molar-refractivity contribution in [2.75, 3.05) is 5.32 Å². The van der Waals surface area contributed by atoms with Gasteiger partial charge in [-0.25, -0.2) is 4.79 Å². The van der Waals surface area contributed by atoms with Gasteiger partial charge in [-0.3, -0.25) is 9.59 Å². The number of hydrogen-bond acceptors (Lipinski definition) is 5. The van der Waals surface area contributed by atoms with Crippen molar-refractivity contribution in [2.24, 2.45) is 0 Å². The minimum absolute atomic E-state index is 0.0828. The van der Waals surface area contributed by atoms with Crippen molar-refractivity contribution in [1.29, 1.82) is 0 Å². The summed E-state index contributed by atoms with van der Waals surface area (Å²) in [6.07, 6.45) is 0. The topological polar surface area (TPSA) is 109 Å². The van der Waals surface area contributed by atoms with Crippen LogP contribution in [0.2, 0.25) is 0 Å². The number of carboxylic acid groups (broad SMARTS) is 1. The third kappa shape index (κ3) is 3.93. The Bertz CT molecular complexity index is 688. The maximum Gasteiger partial charge on any atom is 0.371 e. The molecular weight excluding hydrogens is 296 g/mol. The predicted molar refractivity (Wildman–Crippen MR) is 75.5 cm³/mol. The predicted octanol–water partition coefficient (Wildman–Crippen LogP) is 1.93. The first kappa shape index (κ1) is 14.8. The lowest BCUT2D eigenvalue weighted by Crippen LogP contribution is -2.21. The molecule has 2 heterocycles. The molecule has 0 unspecified atom stereocenters. The number of carbonyl (C=O) groups excluding carboxylic acids is 2. The molecular formula is C13H12N2O5S. The minimum atomic E-state index is -1.16. The molecule has 0 aromatic carbocycles. The van der Waals surface area contributed by atoms with Crippen LogP contribution in [0.1, 0.15) is 32.9 Å². The molecule has 8 heteroatoms. The van der Waals surface area contributed by atoms with E-state index >= 15 is 0 Å². The smallest absolute Gasteiger partial charge is 0.371 e. The molecule has 0 atom stereocenters. The van der Waals surface area contributed by atoms with Crippen molar-refractivity contribution in [3.05, 3.63) is 40.7 Å². The van der Waals surface area contributed by atoms with Gasteiger partial charge in [0.2, 0.25) is 11.7 Å². The zero-order chi connectivity index (χ0) is 15.4. The van der Waals surface area contributed by atoms with Gasteiger partial charge < -0.3 is 20.2 Å². The Morgan fingerprint density at radius 1 is 1.24 bits per heavy atom. The standard InChI is InChI=1S/C13H12N2O5S/c1-7(16)15-11-5-4-10(21-11)12(17)14-6-8-2-3-9(20-8)13(18)19/h2-5H,6H2,1H3,(H,14,17)(H,15,16)(H,18,19). The summed E-state index contributed by atoms with van der Waals surface area (Å²) < 4.78 is 5.02. The summed E-state index contributed by atoms with van der Waals surface area (Å²) in [6.45, 7) is 1.47. The molecule has 0 aliphatic heterocycles. The summed E-state index contributed by atoms with van der Waals surface area (Å²) in [5.41, 5.74) is 0. The summed E-state index contributed by atoms with van der Waals surface area (Å²) >= 11 is 1.15. The number of carbonyl (C=O) groups is 3. The molecule has 0 aliphatic rings. The van der Waals surface area contributed by atoms with Crippen molar-refractivity contribution in [1.82, 2.24) is 5.32 Å². The first-order valence-corrected chi connectivity index (χ1v) is 6.75. The molecule has 2 amide bonds. The molecule has 0 fully saturated rings. The lowest BCUT2D eigenvalue weighted by atomic mass is 10.4. The van der Waals surface area contributed by atoms with Gasteiger partial charge in [0.15, 0.2) is 0 Å². The van der Waals surface area contributed by atoms with Crippen LogP contribution in [0.15, 0.2) is 28.7 Å². The highest BCUT2D eigenvalue weighted by Gasteiger charge is 2.12. The summed E-state index contributed by atoms with van der Waals surface area (Å²) in [5, 5.41) is 14.5. The van der Waals surface area contributed by atoms with Gasteiger partial charge >= 0.3 is 5.97 Å². The van der Waals surface area contributed by atoms with Crippen molar-refractivity contribution >= 4 is 34.1 Å². The fraction of sp³-hybridized carbons (Fsp3) is 0.154. The van der Waals surface area contributed by atoms with Gasteiger partial charge in [0, 0.05) is 6.92 Å². The van der Waals surface area contributed by atoms with Crippen molar-refractivity contribution < 1.29 is 23.9 Å². The molecule has 0 aliphatic carbocycles. The number of rotatable bonds is 5. The lowest BCUT2D eigenvalue weighted by molar-refractivity contribution is -0.114. The fourth-order valence-electron chi connectivity index (χ4n) is 1.54. The molecule has 0 bridgehead atoms. The molecule has 3 N–H and O–H groups in total. The van der Waals surface area contributed by atoms with E-state index in [1.807, 2.05) is 0 Å². The van der Waals surface area contributed by atoms with Gasteiger partial charge in [0.25, 0.3) is 5.91 Å². The molecule has 2 aromatic heterocycles. The van der Waals surface area contributed by atoms with E-state index in [2.05, 4.69) is 10.6 Å². The van der Waals surface area contributed by atoms with Gasteiger partial charge in [0.05, 0.1) is 16.4 Å². The molecule has 110 valence electrons. The van der Waals surface area contributed by atoms with E-state index in [4.69, 9.17) is 9.52 Å². The lowest BCUT2D eigenvalue weighted by Gasteiger charge is -2.00. The van der Waals surface area contributed by atoms with Gasteiger partial charge in [-0.2, -0.15) is 0 Å². The van der Waals surface area contributed by atoms with E-state index in [0.717, 1.165) is 11.3 Å². The highest BCUT2D eigenvalue weighted by atomic mass is 32.1. The van der Waals surface area contributed by atoms with E-state index in [0.29, 0.717) is 15.6 Å². The SMILES string of the molecule is CC(=O)Nc1ccc(C(=O)NCc2ccc(C(=O)O)o2)s1. The van der Waals surface area contributed by atoms with Crippen molar-refractivity contribution in [3.8, 4) is 0 Å². The molecule has 0 saturated carbocycles. The van der Waals surface area contributed by atoms with Gasteiger partial charge in [-0.05, 0) is 24.3 Å². The Balaban J connectivity index is 1.93. The Morgan fingerprint density at radius 2 is 2.00 bits per heavy atom. The zero-order valence-corrected chi connectivity index (χ0v) is 11.8. The highest BCUT2D eigenvalue weighted by molar-refractivity contribution is 7.18. The summed E-state index contributed by atoms with van der Waals surface area (Å²) in [5.74, 6) is -1.53. The molecule has 0 spiro atoms. The second-order valence-electron chi connectivity index (χ2n) is 4.10. The van der Waals surface area contributed by atoms with Crippen LogP contribution in [0.4, 0.5) is 5.00 Å². The first-order valence-electron chi connectivity index (χ1n) is 5.93. The largest absolute Gasteiger partial charge is 0.475 e. The van der Waals surface area contributed by atoms with Crippen molar-refractivity contribution in [3.63, 3.8) is 0 Å². The van der Waals surface area contributed by atoms with Crippen LogP contribution < -0.4 is 10.6 Å². The van der Waals surface area contributed by atoms with E-state index in [1.165, 1.54) is 19.1 Å². The quantitative estimate of drug-likeness (QED) is 0.782. The minimum Gasteiger partial charge on any atom is -0.475 e.